The van der Waals surface area contributed by atoms with Crippen LogP contribution in [0, 0.1) is 0 Å². The molecule has 0 aromatic heterocycles. The van der Waals surface area contributed by atoms with Gasteiger partial charge in [0.05, 0.1) is 17.8 Å². The van der Waals surface area contributed by atoms with E-state index in [0.717, 1.165) is 39.1 Å². The summed E-state index contributed by atoms with van der Waals surface area (Å²) in [7, 11) is 0. The predicted octanol–water partition coefficient (Wildman–Crippen LogP) is 1.65. The second kappa shape index (κ2) is 4.81. The van der Waals surface area contributed by atoms with Crippen LogP contribution >= 0.6 is 0 Å². The van der Waals surface area contributed by atoms with E-state index in [2.05, 4.69) is 32.6 Å². The lowest BCUT2D eigenvalue weighted by atomic mass is 9.95. The Balaban J connectivity index is 2.51. The maximum atomic E-state index is 10.3. The molecule has 90 valence electrons. The van der Waals surface area contributed by atoms with Gasteiger partial charge in [-0.1, -0.05) is 13.8 Å². The minimum atomic E-state index is -0.520. The van der Waals surface area contributed by atoms with Gasteiger partial charge in [-0.25, -0.2) is 0 Å². The Labute approximate surface area is 93.4 Å². The molecule has 15 heavy (non-hydrogen) atoms. The average molecular weight is 215 g/mol. The Morgan fingerprint density at radius 2 is 1.93 bits per heavy atom. The second-order valence-corrected chi connectivity index (χ2v) is 5.25. The molecular formula is C12H25NO2. The van der Waals surface area contributed by atoms with Crippen molar-refractivity contribution in [2.45, 2.75) is 51.7 Å². The normalized spacial score (nSPS) is 23.0. The minimum Gasteiger partial charge on any atom is -0.389 e. The Morgan fingerprint density at radius 3 is 2.40 bits per heavy atom. The third kappa shape index (κ3) is 3.74. The molecule has 0 aliphatic carbocycles. The van der Waals surface area contributed by atoms with Gasteiger partial charge in [0.2, 0.25) is 0 Å². The molecule has 0 unspecified atom stereocenters. The fourth-order valence-electron chi connectivity index (χ4n) is 2.14. The second-order valence-electron chi connectivity index (χ2n) is 5.25. The Kier molecular flexibility index (Phi) is 4.15. The van der Waals surface area contributed by atoms with E-state index in [4.69, 9.17) is 4.74 Å². The maximum Gasteiger partial charge on any atom is 0.0768 e. The third-order valence-electron chi connectivity index (χ3n) is 3.34. The van der Waals surface area contributed by atoms with Crippen molar-refractivity contribution >= 4 is 0 Å². The van der Waals surface area contributed by atoms with E-state index in [-0.39, 0.29) is 5.60 Å². The summed E-state index contributed by atoms with van der Waals surface area (Å²) < 4.78 is 5.65. The number of hydrogen-bond acceptors (Lipinski definition) is 3. The van der Waals surface area contributed by atoms with Crippen molar-refractivity contribution in [2.24, 2.45) is 0 Å². The van der Waals surface area contributed by atoms with E-state index >= 15 is 0 Å². The highest BCUT2D eigenvalue weighted by molar-refractivity contribution is 4.85. The molecule has 1 N–H and O–H groups in total. The van der Waals surface area contributed by atoms with Gasteiger partial charge in [0, 0.05) is 19.6 Å². The van der Waals surface area contributed by atoms with Crippen molar-refractivity contribution in [3.63, 3.8) is 0 Å². The lowest BCUT2D eigenvalue weighted by Gasteiger charge is -2.41. The summed E-state index contributed by atoms with van der Waals surface area (Å²) in [4.78, 5) is 2.32. The summed E-state index contributed by atoms with van der Waals surface area (Å²) in [6.07, 6.45) is 1.64. The molecule has 1 aliphatic rings. The fraction of sp³-hybridized carbons (Fsp3) is 1.00. The molecule has 1 rings (SSSR count). The first-order valence-electron chi connectivity index (χ1n) is 5.99. The van der Waals surface area contributed by atoms with Crippen molar-refractivity contribution in [3.05, 3.63) is 0 Å². The van der Waals surface area contributed by atoms with Gasteiger partial charge in [0.15, 0.2) is 0 Å². The van der Waals surface area contributed by atoms with E-state index in [1.807, 2.05) is 0 Å². The van der Waals surface area contributed by atoms with Crippen LogP contribution in [0.25, 0.3) is 0 Å². The molecule has 0 amide bonds. The van der Waals surface area contributed by atoms with Crippen LogP contribution in [0.4, 0.5) is 0 Å². The van der Waals surface area contributed by atoms with Crippen LogP contribution in [0.5, 0.6) is 0 Å². The number of ether oxygens (including phenoxy) is 1. The van der Waals surface area contributed by atoms with Gasteiger partial charge in [-0.15, -0.1) is 0 Å². The van der Waals surface area contributed by atoms with Gasteiger partial charge in [-0.2, -0.15) is 0 Å². The summed E-state index contributed by atoms with van der Waals surface area (Å²) in [5, 5.41) is 10.3. The van der Waals surface area contributed by atoms with Crippen LogP contribution in [-0.2, 0) is 4.74 Å². The number of aliphatic hydroxyl groups is 1. The van der Waals surface area contributed by atoms with E-state index in [1.165, 1.54) is 0 Å². The monoisotopic (exact) mass is 215 g/mol. The molecule has 1 heterocycles. The number of β-amino-alcohol motifs (C(OH)–C–C–N with tert-alkyl or cyclic N) is 1. The van der Waals surface area contributed by atoms with Gasteiger partial charge in [0.1, 0.15) is 0 Å². The molecule has 3 heteroatoms. The highest BCUT2D eigenvalue weighted by atomic mass is 16.5. The zero-order chi connectivity index (χ0) is 11.5. The molecule has 0 aromatic carbocycles. The molecule has 0 spiro atoms. The molecule has 0 atom stereocenters. The van der Waals surface area contributed by atoms with Gasteiger partial charge < -0.3 is 9.84 Å². The summed E-state index contributed by atoms with van der Waals surface area (Å²) >= 11 is 0. The lowest BCUT2D eigenvalue weighted by molar-refractivity contribution is -0.107. The Morgan fingerprint density at radius 1 is 1.33 bits per heavy atom. The van der Waals surface area contributed by atoms with Crippen LogP contribution < -0.4 is 0 Å². The van der Waals surface area contributed by atoms with Crippen molar-refractivity contribution in [2.75, 3.05) is 26.2 Å². The van der Waals surface area contributed by atoms with E-state index in [9.17, 15) is 5.11 Å². The van der Waals surface area contributed by atoms with Crippen LogP contribution in [-0.4, -0.2) is 47.4 Å². The molecule has 0 bridgehead atoms. The average Bonchev–Trinajstić information content (AvgIpc) is 2.16. The minimum absolute atomic E-state index is 0.0688. The zero-order valence-corrected chi connectivity index (χ0v) is 10.5. The standard InChI is InChI=1S/C12H25NO2/c1-5-12(14,6-2)10-13-7-8-15-11(3,4)9-13/h14H,5-10H2,1-4H3. The number of morpholine rings is 1. The van der Waals surface area contributed by atoms with E-state index in [1.54, 1.807) is 0 Å². The first-order valence-corrected chi connectivity index (χ1v) is 5.99. The number of rotatable bonds is 4. The largest absolute Gasteiger partial charge is 0.389 e. The fourth-order valence-corrected chi connectivity index (χ4v) is 2.14. The molecule has 3 nitrogen and oxygen atoms in total. The SMILES string of the molecule is CCC(O)(CC)CN1CCOC(C)(C)C1. The molecule has 1 saturated heterocycles. The van der Waals surface area contributed by atoms with E-state index < -0.39 is 5.60 Å². The van der Waals surface area contributed by atoms with Crippen LogP contribution in [0.3, 0.4) is 0 Å². The van der Waals surface area contributed by atoms with Crippen molar-refractivity contribution in [1.29, 1.82) is 0 Å². The first-order chi connectivity index (χ1) is 6.91. The summed E-state index contributed by atoms with van der Waals surface area (Å²) in [6, 6.07) is 0. The van der Waals surface area contributed by atoms with Gasteiger partial charge in [0.25, 0.3) is 0 Å². The molecule has 1 fully saturated rings. The first kappa shape index (κ1) is 12.9. The van der Waals surface area contributed by atoms with Gasteiger partial charge in [-0.3, -0.25) is 4.90 Å². The summed E-state index contributed by atoms with van der Waals surface area (Å²) in [5.41, 5.74) is -0.589. The van der Waals surface area contributed by atoms with Gasteiger partial charge in [-0.05, 0) is 26.7 Å². The van der Waals surface area contributed by atoms with Gasteiger partial charge >= 0.3 is 0 Å². The molecule has 0 radical (unpaired) electrons. The highest BCUT2D eigenvalue weighted by Gasteiger charge is 2.32. The van der Waals surface area contributed by atoms with Crippen molar-refractivity contribution < 1.29 is 9.84 Å². The Hall–Kier alpha value is -0.120. The van der Waals surface area contributed by atoms with Crippen LogP contribution in [0.2, 0.25) is 0 Å². The number of nitrogens with zero attached hydrogens (tertiary/aromatic N) is 1. The molecule has 0 saturated carbocycles. The van der Waals surface area contributed by atoms with Crippen LogP contribution in [0.1, 0.15) is 40.5 Å². The predicted molar refractivity (Wildman–Crippen MR) is 62.0 cm³/mol. The molecule has 1 aliphatic heterocycles. The molecule has 0 aromatic rings. The third-order valence-corrected chi connectivity index (χ3v) is 3.34. The van der Waals surface area contributed by atoms with E-state index in [0.29, 0.717) is 0 Å². The number of hydrogen-bond donors (Lipinski definition) is 1. The zero-order valence-electron chi connectivity index (χ0n) is 10.5. The molecular weight excluding hydrogens is 190 g/mol. The highest BCUT2D eigenvalue weighted by Crippen LogP contribution is 2.21. The smallest absolute Gasteiger partial charge is 0.0768 e. The quantitative estimate of drug-likeness (QED) is 0.774. The summed E-state index contributed by atoms with van der Waals surface area (Å²) in [6.45, 7) is 11.7. The Bertz CT molecular complexity index is 200. The lowest BCUT2D eigenvalue weighted by Crippen LogP contribution is -2.53. The van der Waals surface area contributed by atoms with Crippen molar-refractivity contribution in [1.82, 2.24) is 4.90 Å². The van der Waals surface area contributed by atoms with Crippen LogP contribution in [0.15, 0.2) is 0 Å². The maximum absolute atomic E-state index is 10.3. The summed E-state index contributed by atoms with van der Waals surface area (Å²) in [5.74, 6) is 0. The van der Waals surface area contributed by atoms with Crippen molar-refractivity contribution in [3.8, 4) is 0 Å². The topological polar surface area (TPSA) is 32.7 Å².